The molecule has 0 saturated heterocycles. The molecule has 1 atom stereocenters. The summed E-state index contributed by atoms with van der Waals surface area (Å²) in [7, 11) is -3.65. The lowest BCUT2D eigenvalue weighted by Gasteiger charge is -2.22. The van der Waals surface area contributed by atoms with Gasteiger partial charge in [0.15, 0.2) is 0 Å². The number of carbonyl (C=O) groups excluding carboxylic acids is 1. The summed E-state index contributed by atoms with van der Waals surface area (Å²) in [5.41, 5.74) is 3.43. The van der Waals surface area contributed by atoms with Crippen molar-refractivity contribution in [3.8, 4) is 11.3 Å². The molecular weight excluding hydrogens is 470 g/mol. The molecule has 2 saturated carbocycles. The molecule has 6 rings (SSSR count). The number of nitrogens with zero attached hydrogens (tertiary/aromatic N) is 1. The molecule has 36 heavy (non-hydrogen) atoms. The van der Waals surface area contributed by atoms with Crippen molar-refractivity contribution in [2.75, 3.05) is 4.72 Å². The first-order valence-corrected chi connectivity index (χ1v) is 13.9. The molecular formula is C29H27N3O3S. The van der Waals surface area contributed by atoms with Gasteiger partial charge in [0.1, 0.15) is 0 Å². The molecule has 2 aliphatic rings. The summed E-state index contributed by atoms with van der Waals surface area (Å²) in [6, 6.07) is 26.6. The summed E-state index contributed by atoms with van der Waals surface area (Å²) >= 11 is 0. The van der Waals surface area contributed by atoms with Crippen molar-refractivity contribution in [1.82, 2.24) is 10.3 Å². The van der Waals surface area contributed by atoms with E-state index in [4.69, 9.17) is 4.98 Å². The fraction of sp³-hybridized carbons (Fsp3) is 0.241. The molecule has 4 aromatic rings. The maximum atomic E-state index is 14.1. The van der Waals surface area contributed by atoms with Crippen molar-refractivity contribution in [3.05, 3.63) is 96.1 Å². The molecule has 0 spiro atoms. The van der Waals surface area contributed by atoms with Crippen molar-refractivity contribution in [2.24, 2.45) is 5.92 Å². The minimum absolute atomic E-state index is 0.140. The van der Waals surface area contributed by atoms with Crippen molar-refractivity contribution in [3.63, 3.8) is 0 Å². The summed E-state index contributed by atoms with van der Waals surface area (Å²) < 4.78 is 29.1. The Morgan fingerprint density at radius 3 is 2.14 bits per heavy atom. The molecule has 2 aliphatic carbocycles. The van der Waals surface area contributed by atoms with Gasteiger partial charge in [0.05, 0.1) is 33.8 Å². The second-order valence-corrected chi connectivity index (χ2v) is 11.6. The molecule has 3 aromatic carbocycles. The molecule has 6 nitrogen and oxygen atoms in total. The normalized spacial score (nSPS) is 16.4. The predicted octanol–water partition coefficient (Wildman–Crippen LogP) is 5.69. The third kappa shape index (κ3) is 4.46. The maximum Gasteiger partial charge on any atom is 0.254 e. The average Bonchev–Trinajstić information content (AvgIpc) is 3.81. The lowest BCUT2D eigenvalue weighted by Crippen LogP contribution is -2.31. The molecule has 0 unspecified atom stereocenters. The number of para-hydroxylation sites is 1. The molecule has 7 heteroatoms. The number of benzene rings is 3. The largest absolute Gasteiger partial charge is 0.345 e. The van der Waals surface area contributed by atoms with Gasteiger partial charge in [-0.3, -0.25) is 9.52 Å². The van der Waals surface area contributed by atoms with E-state index >= 15 is 0 Å². The minimum atomic E-state index is -3.65. The van der Waals surface area contributed by atoms with E-state index < -0.39 is 15.3 Å². The summed E-state index contributed by atoms with van der Waals surface area (Å²) in [6.07, 6.45) is 3.34. The van der Waals surface area contributed by atoms with E-state index in [1.807, 2.05) is 84.9 Å². The Balaban J connectivity index is 1.53. The number of anilines is 1. The molecule has 182 valence electrons. The zero-order valence-corrected chi connectivity index (χ0v) is 20.5. The highest BCUT2D eigenvalue weighted by Gasteiger charge is 2.38. The van der Waals surface area contributed by atoms with Crippen LogP contribution in [0.2, 0.25) is 0 Å². The van der Waals surface area contributed by atoms with Crippen LogP contribution in [0.15, 0.2) is 84.9 Å². The summed E-state index contributed by atoms with van der Waals surface area (Å²) in [6.45, 7) is 0. The van der Waals surface area contributed by atoms with Crippen LogP contribution in [-0.4, -0.2) is 24.6 Å². The number of sulfonamides is 1. The van der Waals surface area contributed by atoms with Gasteiger partial charge in [-0.1, -0.05) is 78.9 Å². The Morgan fingerprint density at radius 2 is 1.47 bits per heavy atom. The van der Waals surface area contributed by atoms with Gasteiger partial charge in [-0.2, -0.15) is 0 Å². The van der Waals surface area contributed by atoms with Crippen LogP contribution >= 0.6 is 0 Å². The number of fused-ring (bicyclic) bond motifs is 1. The van der Waals surface area contributed by atoms with Crippen molar-refractivity contribution in [1.29, 1.82) is 0 Å². The van der Waals surface area contributed by atoms with Gasteiger partial charge in [-0.15, -0.1) is 0 Å². The van der Waals surface area contributed by atoms with Gasteiger partial charge in [0.2, 0.25) is 10.0 Å². The van der Waals surface area contributed by atoms with Crippen LogP contribution in [-0.2, 0) is 10.0 Å². The lowest BCUT2D eigenvalue weighted by atomic mass is 9.98. The number of hydrogen-bond acceptors (Lipinski definition) is 4. The van der Waals surface area contributed by atoms with Gasteiger partial charge in [0, 0.05) is 10.9 Å². The Morgan fingerprint density at radius 1 is 0.833 bits per heavy atom. The standard InChI is InChI=1S/C29H27N3O3S/c33-29(31-26(21-15-16-21)19-9-3-1-4-10-19)25-23-13-7-8-14-24(23)30-27(20-11-5-2-6-12-20)28(25)32-36(34,35)22-17-18-22/h1-14,21-22,26,32H,15-18H2,(H,31,33)/t26-/m1/s1. The summed E-state index contributed by atoms with van der Waals surface area (Å²) in [5, 5.41) is 3.43. The van der Waals surface area contributed by atoms with Crippen LogP contribution in [0.1, 0.15) is 47.6 Å². The molecule has 0 aliphatic heterocycles. The van der Waals surface area contributed by atoms with Gasteiger partial charge >= 0.3 is 0 Å². The van der Waals surface area contributed by atoms with Crippen LogP contribution in [0, 0.1) is 5.92 Å². The van der Waals surface area contributed by atoms with E-state index in [0.29, 0.717) is 40.9 Å². The molecule has 1 aromatic heterocycles. The van der Waals surface area contributed by atoms with Gasteiger partial charge in [0.25, 0.3) is 5.91 Å². The third-order valence-electron chi connectivity index (χ3n) is 6.91. The Kier molecular flexibility index (Phi) is 5.72. The molecule has 2 N–H and O–H groups in total. The first-order chi connectivity index (χ1) is 17.5. The Hall–Kier alpha value is -3.71. The predicted molar refractivity (Wildman–Crippen MR) is 142 cm³/mol. The number of amides is 1. The number of hydrogen-bond donors (Lipinski definition) is 2. The molecule has 0 bridgehead atoms. The first kappa shape index (κ1) is 22.7. The van der Waals surface area contributed by atoms with Crippen molar-refractivity contribution >= 4 is 32.5 Å². The quantitative estimate of drug-likeness (QED) is 0.327. The fourth-order valence-electron chi connectivity index (χ4n) is 4.73. The van der Waals surface area contributed by atoms with Crippen LogP contribution in [0.5, 0.6) is 0 Å². The van der Waals surface area contributed by atoms with Crippen LogP contribution in [0.4, 0.5) is 5.69 Å². The topological polar surface area (TPSA) is 88.2 Å². The third-order valence-corrected chi connectivity index (χ3v) is 8.75. The smallest absolute Gasteiger partial charge is 0.254 e. The summed E-state index contributed by atoms with van der Waals surface area (Å²) in [4.78, 5) is 18.9. The summed E-state index contributed by atoms with van der Waals surface area (Å²) in [5.74, 6) is 0.0599. The second kappa shape index (κ2) is 9.06. The van der Waals surface area contributed by atoms with Crippen LogP contribution < -0.4 is 10.0 Å². The number of aromatic nitrogens is 1. The highest BCUT2D eigenvalue weighted by atomic mass is 32.2. The monoisotopic (exact) mass is 497 g/mol. The maximum absolute atomic E-state index is 14.1. The van der Waals surface area contributed by atoms with Gasteiger partial charge in [-0.25, -0.2) is 13.4 Å². The van der Waals surface area contributed by atoms with E-state index in [9.17, 15) is 13.2 Å². The first-order valence-electron chi connectivity index (χ1n) is 12.4. The van der Waals surface area contributed by atoms with Crippen LogP contribution in [0.25, 0.3) is 22.2 Å². The van der Waals surface area contributed by atoms with E-state index in [1.54, 1.807) is 0 Å². The molecule has 2 fully saturated rings. The Bertz CT molecular complexity index is 1530. The fourth-order valence-corrected chi connectivity index (χ4v) is 6.14. The second-order valence-electron chi connectivity index (χ2n) is 9.64. The molecule has 0 radical (unpaired) electrons. The zero-order valence-electron chi connectivity index (χ0n) is 19.7. The highest BCUT2D eigenvalue weighted by molar-refractivity contribution is 7.93. The van der Waals surface area contributed by atoms with E-state index in [-0.39, 0.29) is 17.6 Å². The number of carbonyl (C=O) groups is 1. The van der Waals surface area contributed by atoms with Crippen molar-refractivity contribution in [2.45, 2.75) is 37.0 Å². The molecule has 1 amide bonds. The lowest BCUT2D eigenvalue weighted by molar-refractivity contribution is 0.0934. The average molecular weight is 498 g/mol. The number of pyridine rings is 1. The van der Waals surface area contributed by atoms with E-state index in [2.05, 4.69) is 10.0 Å². The van der Waals surface area contributed by atoms with Gasteiger partial charge in [-0.05, 0) is 43.2 Å². The van der Waals surface area contributed by atoms with E-state index in [1.165, 1.54) is 0 Å². The van der Waals surface area contributed by atoms with E-state index in [0.717, 1.165) is 24.0 Å². The van der Waals surface area contributed by atoms with Gasteiger partial charge < -0.3 is 5.32 Å². The minimum Gasteiger partial charge on any atom is -0.345 e. The SMILES string of the molecule is O=C(N[C@H](c1ccccc1)C1CC1)c1c(NS(=O)(=O)C2CC2)c(-c2ccccc2)nc2ccccc12. The zero-order chi connectivity index (χ0) is 24.7. The van der Waals surface area contributed by atoms with Crippen molar-refractivity contribution < 1.29 is 13.2 Å². The number of nitrogens with one attached hydrogen (secondary N) is 2. The number of rotatable bonds is 8. The highest BCUT2D eigenvalue weighted by Crippen LogP contribution is 2.42. The molecule has 1 heterocycles. The van der Waals surface area contributed by atoms with Crippen LogP contribution in [0.3, 0.4) is 0 Å². The Labute approximate surface area is 210 Å².